The Hall–Kier alpha value is 0.200. The molecule has 0 spiro atoms. The van der Waals surface area contributed by atoms with Crippen molar-refractivity contribution in [1.82, 2.24) is 0 Å². The molecular formula is C4H9NOP2. The first-order valence-electron chi connectivity index (χ1n) is 2.16. The van der Waals surface area contributed by atoms with Gasteiger partial charge >= 0.3 is 0 Å². The van der Waals surface area contributed by atoms with Crippen LogP contribution >= 0.6 is 16.7 Å². The molecule has 0 aliphatic carbocycles. The van der Waals surface area contributed by atoms with Gasteiger partial charge in [-0.2, -0.15) is 0 Å². The predicted molar refractivity (Wildman–Crippen MR) is 41.7 cm³/mol. The van der Waals surface area contributed by atoms with Gasteiger partial charge < -0.3 is 0 Å². The van der Waals surface area contributed by atoms with Gasteiger partial charge in [0.25, 0.3) is 0 Å². The second-order valence-electron chi connectivity index (χ2n) is 1.43. The van der Waals surface area contributed by atoms with Crippen molar-refractivity contribution < 1.29 is 4.79 Å². The minimum absolute atomic E-state index is 0.0156. The van der Waals surface area contributed by atoms with Crippen LogP contribution in [-0.2, 0) is 4.79 Å². The molecule has 0 aliphatic rings. The number of carbonyl (C=O) groups excluding carboxylic acids is 1. The van der Waals surface area contributed by atoms with Gasteiger partial charge in [-0.3, -0.25) is 9.56 Å². The standard InChI is InChI=1S/C4H9NOP2/c1-4(6)3-5-8(2)7/h3H,7H2,1-2H3. The van der Waals surface area contributed by atoms with E-state index in [1.807, 2.05) is 6.66 Å². The van der Waals surface area contributed by atoms with Gasteiger partial charge in [-0.05, 0) is 6.66 Å². The zero-order valence-corrected chi connectivity index (χ0v) is 7.01. The molecule has 0 bridgehead atoms. The molecular weight excluding hydrogens is 140 g/mol. The smallest absolute Gasteiger partial charge is 0.170 e. The molecule has 0 radical (unpaired) electrons. The Labute approximate surface area is 52.7 Å². The Morgan fingerprint density at radius 2 is 2.38 bits per heavy atom. The summed E-state index contributed by atoms with van der Waals surface area (Å²) >= 11 is 0. The fourth-order valence-electron chi connectivity index (χ4n) is 0.172. The van der Waals surface area contributed by atoms with Crippen molar-refractivity contribution in [2.75, 3.05) is 6.66 Å². The summed E-state index contributed by atoms with van der Waals surface area (Å²) < 4.78 is 3.88. The van der Waals surface area contributed by atoms with Crippen LogP contribution in [0.5, 0.6) is 0 Å². The Morgan fingerprint density at radius 1 is 1.88 bits per heavy atom. The molecule has 0 heterocycles. The van der Waals surface area contributed by atoms with E-state index in [4.69, 9.17) is 0 Å². The number of rotatable bonds is 2. The van der Waals surface area contributed by atoms with Crippen molar-refractivity contribution >= 4 is 28.7 Å². The van der Waals surface area contributed by atoms with Crippen LogP contribution in [0.15, 0.2) is 4.76 Å². The molecule has 2 nitrogen and oxygen atoms in total. The largest absolute Gasteiger partial charge is 0.293 e. The lowest BCUT2D eigenvalue weighted by Crippen LogP contribution is -1.87. The molecule has 2 unspecified atom stereocenters. The van der Waals surface area contributed by atoms with Gasteiger partial charge in [-0.15, -0.1) is 0 Å². The molecule has 0 aliphatic heterocycles. The monoisotopic (exact) mass is 149 g/mol. The lowest BCUT2D eigenvalue weighted by Gasteiger charge is -1.89. The van der Waals surface area contributed by atoms with E-state index in [1.165, 1.54) is 13.1 Å². The number of hydrogen-bond acceptors (Lipinski definition) is 2. The lowest BCUT2D eigenvalue weighted by molar-refractivity contribution is -0.110. The summed E-state index contributed by atoms with van der Waals surface area (Å²) in [7, 11) is 2.17. The number of ketones is 1. The maximum atomic E-state index is 10.2. The number of Topliss-reactive ketones (excluding diaryl/α,β-unsaturated/α-hetero) is 1. The Balaban J connectivity index is 3.50. The first kappa shape index (κ1) is 8.20. The van der Waals surface area contributed by atoms with E-state index >= 15 is 0 Å². The van der Waals surface area contributed by atoms with E-state index in [2.05, 4.69) is 13.7 Å². The molecule has 0 N–H and O–H groups in total. The summed E-state index contributed by atoms with van der Waals surface area (Å²) in [5, 5.41) is 0. The molecule has 0 fully saturated rings. The van der Waals surface area contributed by atoms with Gasteiger partial charge in [-0.25, -0.2) is 0 Å². The number of carbonyl (C=O) groups is 1. The second kappa shape index (κ2) is 4.12. The summed E-state index contributed by atoms with van der Waals surface area (Å²) in [6.07, 6.45) is 1.36. The molecule has 0 aromatic rings. The molecule has 0 aromatic heterocycles. The summed E-state index contributed by atoms with van der Waals surface area (Å²) in [5.74, 6) is 0.0156. The van der Waals surface area contributed by atoms with Gasteiger partial charge in [0.2, 0.25) is 0 Å². The van der Waals surface area contributed by atoms with Crippen LogP contribution in [0, 0.1) is 0 Å². The van der Waals surface area contributed by atoms with Crippen LogP contribution < -0.4 is 0 Å². The quantitative estimate of drug-likeness (QED) is 0.431. The fraction of sp³-hybridized carbons (Fsp3) is 0.500. The first-order chi connectivity index (χ1) is 3.63. The van der Waals surface area contributed by atoms with Crippen molar-refractivity contribution in [3.8, 4) is 0 Å². The molecule has 0 rings (SSSR count). The summed E-state index contributed by atoms with van der Waals surface area (Å²) in [4.78, 5) is 10.2. The Morgan fingerprint density at radius 3 is 2.50 bits per heavy atom. The van der Waals surface area contributed by atoms with Crippen LogP contribution in [0.4, 0.5) is 0 Å². The molecule has 46 valence electrons. The predicted octanol–water partition coefficient (Wildman–Crippen LogP) is 1.46. The van der Waals surface area contributed by atoms with E-state index in [9.17, 15) is 4.79 Å². The van der Waals surface area contributed by atoms with E-state index in [1.54, 1.807) is 0 Å². The summed E-state index contributed by atoms with van der Waals surface area (Å²) in [6.45, 7) is 3.45. The molecule has 4 heteroatoms. The zero-order valence-electron chi connectivity index (χ0n) is 4.96. The molecule has 0 aromatic carbocycles. The van der Waals surface area contributed by atoms with Crippen LogP contribution in [0.2, 0.25) is 0 Å². The molecule has 0 saturated carbocycles. The van der Waals surface area contributed by atoms with Crippen LogP contribution in [0.3, 0.4) is 0 Å². The molecule has 2 atom stereocenters. The normalized spacial score (nSPS) is 14.4. The molecule has 0 saturated heterocycles. The molecule has 8 heavy (non-hydrogen) atoms. The van der Waals surface area contributed by atoms with E-state index < -0.39 is 0 Å². The van der Waals surface area contributed by atoms with Crippen molar-refractivity contribution in [2.24, 2.45) is 4.76 Å². The van der Waals surface area contributed by atoms with Crippen molar-refractivity contribution in [2.45, 2.75) is 6.92 Å². The highest BCUT2D eigenvalue weighted by atomic mass is 32.0. The van der Waals surface area contributed by atoms with Gasteiger partial charge in [0.05, 0.1) is 6.21 Å². The topological polar surface area (TPSA) is 29.4 Å². The molecule has 0 amide bonds. The van der Waals surface area contributed by atoms with Gasteiger partial charge in [0.1, 0.15) is 0 Å². The van der Waals surface area contributed by atoms with Crippen LogP contribution in [-0.4, -0.2) is 18.7 Å². The third-order valence-electron chi connectivity index (χ3n) is 0.422. The summed E-state index contributed by atoms with van der Waals surface area (Å²) in [5.41, 5.74) is 0. The number of hydrogen-bond donors (Lipinski definition) is 0. The van der Waals surface area contributed by atoms with Gasteiger partial charge in [0, 0.05) is 14.7 Å². The zero-order chi connectivity index (χ0) is 6.57. The van der Waals surface area contributed by atoms with Crippen molar-refractivity contribution in [1.29, 1.82) is 0 Å². The third-order valence-corrected chi connectivity index (χ3v) is 1.30. The van der Waals surface area contributed by atoms with Gasteiger partial charge in [0.15, 0.2) is 5.78 Å². The highest BCUT2D eigenvalue weighted by molar-refractivity contribution is 8.12. The second-order valence-corrected chi connectivity index (χ2v) is 5.05. The maximum absolute atomic E-state index is 10.2. The SMILES string of the molecule is CC(=O)C=NP(C)P. The third kappa shape index (κ3) is 6.20. The average Bonchev–Trinajstić information content (AvgIpc) is 1.61. The Bertz CT molecular complexity index is 111. The van der Waals surface area contributed by atoms with E-state index in [0.29, 0.717) is 0 Å². The maximum Gasteiger partial charge on any atom is 0.170 e. The van der Waals surface area contributed by atoms with Crippen LogP contribution in [0.25, 0.3) is 0 Å². The average molecular weight is 149 g/mol. The first-order valence-corrected chi connectivity index (χ1v) is 5.52. The highest BCUT2D eigenvalue weighted by Gasteiger charge is 1.84. The highest BCUT2D eigenvalue weighted by Crippen LogP contribution is 2.40. The summed E-state index contributed by atoms with van der Waals surface area (Å²) in [6, 6.07) is 0. The van der Waals surface area contributed by atoms with E-state index in [-0.39, 0.29) is 13.5 Å². The lowest BCUT2D eigenvalue weighted by atomic mass is 10.5. The minimum atomic E-state index is -0.368. The van der Waals surface area contributed by atoms with Crippen molar-refractivity contribution in [3.63, 3.8) is 0 Å². The van der Waals surface area contributed by atoms with Gasteiger partial charge in [-0.1, -0.05) is 8.93 Å². The minimum Gasteiger partial charge on any atom is -0.293 e. The Kier molecular flexibility index (Phi) is 4.22. The fourth-order valence-corrected chi connectivity index (χ4v) is 0.717. The van der Waals surface area contributed by atoms with E-state index in [0.717, 1.165) is 0 Å². The number of nitrogens with zero attached hydrogens (tertiary/aromatic N) is 1. The van der Waals surface area contributed by atoms with Crippen LogP contribution in [0.1, 0.15) is 6.92 Å². The van der Waals surface area contributed by atoms with Crippen molar-refractivity contribution in [3.05, 3.63) is 0 Å².